The van der Waals surface area contributed by atoms with Crippen LogP contribution in [-0.2, 0) is 13.6 Å². The van der Waals surface area contributed by atoms with Gasteiger partial charge in [-0.25, -0.2) is 9.67 Å². The Labute approximate surface area is 165 Å². The van der Waals surface area contributed by atoms with Crippen molar-refractivity contribution in [2.24, 2.45) is 7.05 Å². The number of thiazole rings is 1. The third kappa shape index (κ3) is 3.61. The summed E-state index contributed by atoms with van der Waals surface area (Å²) < 4.78 is 15.4. The molecule has 4 rings (SSSR count). The second-order valence-electron chi connectivity index (χ2n) is 6.67. The van der Waals surface area contributed by atoms with Gasteiger partial charge in [-0.1, -0.05) is 23.7 Å². The van der Waals surface area contributed by atoms with Crippen molar-refractivity contribution in [2.75, 3.05) is 0 Å². The maximum absolute atomic E-state index is 14.3. The Kier molecular flexibility index (Phi) is 4.74. The van der Waals surface area contributed by atoms with E-state index in [0.29, 0.717) is 17.3 Å². The lowest BCUT2D eigenvalue weighted by atomic mass is 10.2. The smallest absolute Gasteiger partial charge is 0.261 e. The maximum Gasteiger partial charge on any atom is 0.261 e. The second-order valence-corrected chi connectivity index (χ2v) is 8.05. The molecule has 0 N–H and O–H groups in total. The summed E-state index contributed by atoms with van der Waals surface area (Å²) in [5.74, 6) is -0.909. The minimum absolute atomic E-state index is 0.0545. The molecule has 0 atom stereocenters. The molecule has 2 aromatic heterocycles. The third-order valence-corrected chi connectivity index (χ3v) is 5.70. The number of hydrogen-bond acceptors (Lipinski definition) is 4. The first kappa shape index (κ1) is 18.1. The summed E-state index contributed by atoms with van der Waals surface area (Å²) in [5, 5.41) is 7.48. The van der Waals surface area contributed by atoms with E-state index in [9.17, 15) is 9.18 Å². The maximum atomic E-state index is 14.3. The number of carbonyl (C=O) groups is 1. The minimum Gasteiger partial charge on any atom is -0.329 e. The summed E-state index contributed by atoms with van der Waals surface area (Å²) in [6, 6.07) is 7.62. The van der Waals surface area contributed by atoms with Gasteiger partial charge in [-0.15, -0.1) is 11.3 Å². The first-order valence-electron chi connectivity index (χ1n) is 8.64. The van der Waals surface area contributed by atoms with Crippen molar-refractivity contribution in [3.8, 4) is 11.3 Å². The van der Waals surface area contributed by atoms with Gasteiger partial charge in [-0.2, -0.15) is 9.49 Å². The number of aromatic nitrogens is 3. The van der Waals surface area contributed by atoms with Crippen LogP contribution >= 0.6 is 22.9 Å². The van der Waals surface area contributed by atoms with Crippen molar-refractivity contribution < 1.29 is 9.18 Å². The Hall–Kier alpha value is -2.25. The van der Waals surface area contributed by atoms with Gasteiger partial charge in [0, 0.05) is 29.1 Å². The standard InChI is InChI=1S/C19H18ClFN4OS/c1-11-17(18(21)24(2)23-11)19(26)25(14-7-8-14)9-16-22-15(10-27-16)12-3-5-13(20)6-4-12/h3-6,10,14H,7-9H2,1-2H3. The van der Waals surface area contributed by atoms with Crippen LogP contribution in [0.5, 0.6) is 0 Å². The number of aryl methyl sites for hydroxylation is 2. The molecule has 140 valence electrons. The molecular weight excluding hydrogens is 387 g/mol. The first-order chi connectivity index (χ1) is 12.9. The van der Waals surface area contributed by atoms with Crippen LogP contribution in [0.1, 0.15) is 33.9 Å². The van der Waals surface area contributed by atoms with E-state index in [4.69, 9.17) is 11.6 Å². The highest BCUT2D eigenvalue weighted by molar-refractivity contribution is 7.09. The van der Waals surface area contributed by atoms with Crippen LogP contribution in [0.25, 0.3) is 11.3 Å². The van der Waals surface area contributed by atoms with Crippen molar-refractivity contribution in [1.29, 1.82) is 0 Å². The van der Waals surface area contributed by atoms with Crippen LogP contribution < -0.4 is 0 Å². The summed E-state index contributed by atoms with van der Waals surface area (Å²) in [5.41, 5.74) is 2.28. The largest absolute Gasteiger partial charge is 0.329 e. The molecule has 8 heteroatoms. The van der Waals surface area contributed by atoms with Gasteiger partial charge in [0.1, 0.15) is 10.6 Å². The number of carbonyl (C=O) groups excluding carboxylic acids is 1. The summed E-state index contributed by atoms with van der Waals surface area (Å²) in [7, 11) is 1.50. The molecular formula is C19H18ClFN4OS. The highest BCUT2D eigenvalue weighted by Crippen LogP contribution is 2.32. The van der Waals surface area contributed by atoms with Crippen LogP contribution in [0.2, 0.25) is 5.02 Å². The molecule has 1 amide bonds. The molecule has 2 heterocycles. The molecule has 1 fully saturated rings. The van der Waals surface area contributed by atoms with E-state index in [-0.39, 0.29) is 17.5 Å². The number of halogens is 2. The number of rotatable bonds is 5. The van der Waals surface area contributed by atoms with Crippen LogP contribution in [0.3, 0.4) is 0 Å². The van der Waals surface area contributed by atoms with Crippen LogP contribution in [-0.4, -0.2) is 31.6 Å². The predicted molar refractivity (Wildman–Crippen MR) is 103 cm³/mol. The van der Waals surface area contributed by atoms with Gasteiger partial charge in [0.2, 0.25) is 5.95 Å². The van der Waals surface area contributed by atoms with Crippen LogP contribution in [0, 0.1) is 12.9 Å². The zero-order valence-corrected chi connectivity index (χ0v) is 16.5. The Morgan fingerprint density at radius 3 is 2.67 bits per heavy atom. The fraction of sp³-hybridized carbons (Fsp3) is 0.316. The Bertz CT molecular complexity index is 994. The Balaban J connectivity index is 1.58. The minimum atomic E-state index is -0.593. The van der Waals surface area contributed by atoms with E-state index in [1.165, 1.54) is 18.4 Å². The van der Waals surface area contributed by atoms with Gasteiger partial charge in [0.25, 0.3) is 5.91 Å². The molecule has 0 aliphatic heterocycles. The average molecular weight is 405 g/mol. The third-order valence-electron chi connectivity index (χ3n) is 4.61. The molecule has 3 aromatic rings. The molecule has 0 bridgehead atoms. The van der Waals surface area contributed by atoms with E-state index in [2.05, 4.69) is 10.1 Å². The van der Waals surface area contributed by atoms with Gasteiger partial charge in [-0.05, 0) is 31.9 Å². The number of nitrogens with zero attached hydrogens (tertiary/aromatic N) is 4. The molecule has 5 nitrogen and oxygen atoms in total. The zero-order valence-electron chi connectivity index (χ0n) is 14.9. The van der Waals surface area contributed by atoms with Crippen molar-refractivity contribution in [3.63, 3.8) is 0 Å². The molecule has 0 radical (unpaired) electrons. The highest BCUT2D eigenvalue weighted by Gasteiger charge is 2.36. The highest BCUT2D eigenvalue weighted by atomic mass is 35.5. The van der Waals surface area contributed by atoms with Gasteiger partial charge < -0.3 is 4.90 Å². The molecule has 1 aliphatic rings. The fourth-order valence-electron chi connectivity index (χ4n) is 3.05. The second kappa shape index (κ2) is 7.05. The van der Waals surface area contributed by atoms with E-state index >= 15 is 0 Å². The molecule has 27 heavy (non-hydrogen) atoms. The first-order valence-corrected chi connectivity index (χ1v) is 9.90. The summed E-state index contributed by atoms with van der Waals surface area (Å²) in [6.07, 6.45) is 1.87. The summed E-state index contributed by atoms with van der Waals surface area (Å²) >= 11 is 7.43. The zero-order chi connectivity index (χ0) is 19.1. The van der Waals surface area contributed by atoms with E-state index in [1.54, 1.807) is 11.8 Å². The van der Waals surface area contributed by atoms with Crippen LogP contribution in [0.15, 0.2) is 29.6 Å². The number of amides is 1. The fourth-order valence-corrected chi connectivity index (χ4v) is 3.98. The topological polar surface area (TPSA) is 51.0 Å². The van der Waals surface area contributed by atoms with Gasteiger partial charge in [-0.3, -0.25) is 4.79 Å². The molecule has 1 aromatic carbocycles. The lowest BCUT2D eigenvalue weighted by Gasteiger charge is -2.21. The lowest BCUT2D eigenvalue weighted by Crippen LogP contribution is -2.33. The molecule has 0 spiro atoms. The van der Waals surface area contributed by atoms with Crippen molar-refractivity contribution >= 4 is 28.8 Å². The van der Waals surface area contributed by atoms with E-state index in [0.717, 1.165) is 33.8 Å². The quantitative estimate of drug-likeness (QED) is 0.631. The van der Waals surface area contributed by atoms with Crippen LogP contribution in [0.4, 0.5) is 4.39 Å². The molecule has 0 saturated heterocycles. The molecule has 1 aliphatic carbocycles. The Morgan fingerprint density at radius 2 is 2.07 bits per heavy atom. The normalized spacial score (nSPS) is 13.8. The Morgan fingerprint density at radius 1 is 1.37 bits per heavy atom. The summed E-state index contributed by atoms with van der Waals surface area (Å²) in [4.78, 5) is 19.4. The van der Waals surface area contributed by atoms with E-state index in [1.807, 2.05) is 29.6 Å². The predicted octanol–water partition coefficient (Wildman–Crippen LogP) is 4.45. The van der Waals surface area contributed by atoms with Gasteiger partial charge in [0.15, 0.2) is 0 Å². The van der Waals surface area contributed by atoms with E-state index < -0.39 is 5.95 Å². The summed E-state index contributed by atoms with van der Waals surface area (Å²) in [6.45, 7) is 2.03. The SMILES string of the molecule is Cc1nn(C)c(F)c1C(=O)N(Cc1nc(-c2ccc(Cl)cc2)cs1)C1CC1. The number of hydrogen-bond donors (Lipinski definition) is 0. The monoisotopic (exact) mass is 404 g/mol. The van der Waals surface area contributed by atoms with Crippen molar-refractivity contribution in [3.05, 3.63) is 56.9 Å². The lowest BCUT2D eigenvalue weighted by molar-refractivity contribution is 0.0723. The van der Waals surface area contributed by atoms with Gasteiger partial charge >= 0.3 is 0 Å². The molecule has 1 saturated carbocycles. The van der Waals surface area contributed by atoms with Gasteiger partial charge in [0.05, 0.1) is 17.9 Å². The van der Waals surface area contributed by atoms with Crippen molar-refractivity contribution in [1.82, 2.24) is 19.7 Å². The average Bonchev–Trinajstić information content (AvgIpc) is 3.31. The number of benzene rings is 1. The molecule has 0 unspecified atom stereocenters. The van der Waals surface area contributed by atoms with Crippen molar-refractivity contribution in [2.45, 2.75) is 32.4 Å².